The summed E-state index contributed by atoms with van der Waals surface area (Å²) >= 11 is 0. The van der Waals surface area contributed by atoms with Crippen LogP contribution in [0.1, 0.15) is 84.7 Å². The van der Waals surface area contributed by atoms with Crippen molar-refractivity contribution in [1.29, 1.82) is 0 Å². The molecule has 0 aromatic heterocycles. The van der Waals surface area contributed by atoms with E-state index in [0.29, 0.717) is 48.8 Å². The van der Waals surface area contributed by atoms with Gasteiger partial charge in [0.1, 0.15) is 37.6 Å². The second kappa shape index (κ2) is 29.6. The molecule has 1 aliphatic carbocycles. The van der Waals surface area contributed by atoms with Crippen molar-refractivity contribution in [2.24, 2.45) is 5.92 Å². The van der Waals surface area contributed by atoms with Crippen LogP contribution in [0.3, 0.4) is 0 Å². The first kappa shape index (κ1) is 68.8. The zero-order chi connectivity index (χ0) is 67.1. The van der Waals surface area contributed by atoms with Gasteiger partial charge in [-0.25, -0.2) is 4.79 Å². The van der Waals surface area contributed by atoms with Gasteiger partial charge < -0.3 is 54.0 Å². The summed E-state index contributed by atoms with van der Waals surface area (Å²) in [4.78, 5) is 106. The van der Waals surface area contributed by atoms with Crippen LogP contribution in [0.15, 0.2) is 121 Å². The van der Waals surface area contributed by atoms with Crippen LogP contribution in [0.25, 0.3) is 11.1 Å². The van der Waals surface area contributed by atoms with Gasteiger partial charge in [-0.05, 0) is 77.4 Å². The fraction of sp³-hybridized carbons (Fsp3) is 0.443. The first-order chi connectivity index (χ1) is 44.3. The lowest BCUT2D eigenvalue weighted by atomic mass is 9.94. The maximum absolute atomic E-state index is 14.8. The Bertz CT molecular complexity index is 3580. The molecular weight excluding hydrogens is 1220 g/mol. The number of carbonyl (C=O) groups is 7. The van der Waals surface area contributed by atoms with E-state index in [1.165, 1.54) is 45.6 Å². The van der Waals surface area contributed by atoms with E-state index in [1.54, 1.807) is 62.7 Å². The van der Waals surface area contributed by atoms with Crippen LogP contribution in [-0.4, -0.2) is 169 Å². The Labute approximate surface area is 547 Å². The minimum absolute atomic E-state index is 0.0393. The number of carbonyl (C=O) groups excluding carboxylic acids is 6. The van der Waals surface area contributed by atoms with Gasteiger partial charge in [0.15, 0.2) is 23.0 Å². The Morgan fingerprint density at radius 3 is 1.56 bits per heavy atom. The van der Waals surface area contributed by atoms with Crippen molar-refractivity contribution in [2.45, 2.75) is 128 Å². The smallest absolute Gasteiger partial charge is 0.408 e. The number of ether oxygens (including phenoxy) is 6. The third kappa shape index (κ3) is 15.8. The van der Waals surface area contributed by atoms with Gasteiger partial charge >= 0.3 is 6.09 Å². The minimum Gasteiger partial charge on any atom is -0.493 e. The third-order valence-electron chi connectivity index (χ3n) is 17.2. The van der Waals surface area contributed by atoms with Crippen molar-refractivity contribution in [3.05, 3.63) is 143 Å². The predicted molar refractivity (Wildman–Crippen MR) is 361 cm³/mol. The number of nitrogens with one attached hydrogen (secondary N) is 2. The molecule has 0 saturated carbocycles. The molecule has 3 N–H and O–H groups in total. The van der Waals surface area contributed by atoms with Crippen molar-refractivity contribution in [1.82, 2.24) is 25.3 Å². The van der Waals surface area contributed by atoms with Crippen LogP contribution < -0.4 is 39.4 Å². The lowest BCUT2D eigenvalue weighted by molar-refractivity contribution is -0.132. The normalized spacial score (nSPS) is 17.7. The van der Waals surface area contributed by atoms with E-state index >= 15 is 0 Å². The number of fused-ring (bicyclic) bond motifs is 7. The van der Waals surface area contributed by atoms with Gasteiger partial charge in [0.2, 0.25) is 11.8 Å². The molecule has 0 fully saturated rings. The largest absolute Gasteiger partial charge is 0.493 e. The van der Waals surface area contributed by atoms with Crippen LogP contribution in [0, 0.1) is 5.92 Å². The van der Waals surface area contributed by atoms with E-state index in [-0.39, 0.29) is 98.1 Å². The maximum atomic E-state index is 14.8. The monoisotopic (exact) mass is 1310 g/mol. The van der Waals surface area contributed by atoms with Crippen molar-refractivity contribution in [2.75, 3.05) is 77.0 Å². The number of anilines is 2. The standard InChI is InChI=1S/C70H89N7O14Si2/c1-13-20-46-33-57-68(82)76(42-88-29-31-92(7,8)9)55-37-61(59(86-5)35-52(55)66(80)73(57)39-46)90-27-19-28-91-62-38-56-53(36-60(62)87-6)67(81)74-40-47(34-58(74)69(83)77(56)43-89-30-32-93(10,11)12)21-18-26-71-64(78)45(4)72-65(79)63(44(2)3)75(70(84)85)41-54-50-24-16-14-22-48(50)49-23-15-17-25-51(49)54/h13-18,20-25,35-40,44-45,54,57-58,63H,19,26-34,41-43H2,1-12H3,(H,71,78)(H,72,79)(H,84,85)/t45-,57-,58-,63-/m0/s1. The summed E-state index contributed by atoms with van der Waals surface area (Å²) < 4.78 is 36.7. The second-order valence-electron chi connectivity index (χ2n) is 26.8. The van der Waals surface area contributed by atoms with Crippen LogP contribution >= 0.6 is 0 Å². The minimum atomic E-state index is -1.54. The second-order valence-corrected chi connectivity index (χ2v) is 38.1. The zero-order valence-corrected chi connectivity index (χ0v) is 57.5. The van der Waals surface area contributed by atoms with E-state index in [1.807, 2.05) is 67.6 Å². The van der Waals surface area contributed by atoms with Crippen molar-refractivity contribution >= 4 is 69.1 Å². The van der Waals surface area contributed by atoms with E-state index in [0.717, 1.165) is 39.9 Å². The molecule has 21 nitrogen and oxygen atoms in total. The van der Waals surface area contributed by atoms with Gasteiger partial charge in [-0.1, -0.05) is 126 Å². The number of rotatable bonds is 29. The number of hydrogen-bond donors (Lipinski definition) is 3. The topological polar surface area (TPSA) is 235 Å². The average Bonchev–Trinajstić information content (AvgIpc) is 1.65. The molecule has 9 rings (SSSR count). The first-order valence-electron chi connectivity index (χ1n) is 31.9. The molecule has 0 spiro atoms. The molecule has 23 heteroatoms. The highest BCUT2D eigenvalue weighted by Gasteiger charge is 2.45. The lowest BCUT2D eigenvalue weighted by Gasteiger charge is -2.34. The highest BCUT2D eigenvalue weighted by molar-refractivity contribution is 6.76. The summed E-state index contributed by atoms with van der Waals surface area (Å²) in [5.41, 5.74) is 6.65. The van der Waals surface area contributed by atoms with Crippen molar-refractivity contribution in [3.8, 4) is 34.1 Å². The first-order valence-corrected chi connectivity index (χ1v) is 39.3. The quantitative estimate of drug-likeness (QED) is 0.0339. The number of nitrogens with zero attached hydrogens (tertiary/aromatic N) is 5. The summed E-state index contributed by atoms with van der Waals surface area (Å²) in [5, 5.41) is 16.2. The fourth-order valence-electron chi connectivity index (χ4n) is 12.3. The molecular formula is C70H89N7O14Si2. The van der Waals surface area contributed by atoms with E-state index in [4.69, 9.17) is 28.4 Å². The zero-order valence-electron chi connectivity index (χ0n) is 55.5. The molecule has 7 amide bonds. The number of hydrogen-bond acceptors (Lipinski definition) is 13. The molecule has 4 heterocycles. The molecule has 4 aromatic carbocycles. The number of allylic oxidation sites excluding steroid dienone is 3. The Kier molecular flexibility index (Phi) is 21.9. The molecule has 0 radical (unpaired) electrons. The summed E-state index contributed by atoms with van der Waals surface area (Å²) in [6, 6.07) is 20.1. The van der Waals surface area contributed by atoms with Crippen LogP contribution in [0.5, 0.6) is 23.0 Å². The summed E-state index contributed by atoms with van der Waals surface area (Å²) in [6.07, 6.45) is 10.2. The van der Waals surface area contributed by atoms with E-state index in [2.05, 4.69) is 49.9 Å². The highest BCUT2D eigenvalue weighted by Crippen LogP contribution is 2.46. The Balaban J connectivity index is 0.853. The number of methoxy groups -OCH3 is 2. The Morgan fingerprint density at radius 2 is 1.12 bits per heavy atom. The summed E-state index contributed by atoms with van der Waals surface area (Å²) in [5.74, 6) is -2.10. The van der Waals surface area contributed by atoms with Crippen LogP contribution in [0.4, 0.5) is 16.2 Å². The summed E-state index contributed by atoms with van der Waals surface area (Å²) in [7, 11) is -0.0395. The molecule has 496 valence electrons. The summed E-state index contributed by atoms with van der Waals surface area (Å²) in [6.45, 7) is 21.4. The van der Waals surface area contributed by atoms with Crippen LogP contribution in [-0.2, 0) is 28.7 Å². The molecule has 0 saturated heterocycles. The number of carboxylic acid groups (broad SMARTS) is 1. The van der Waals surface area contributed by atoms with Gasteiger partial charge in [0, 0.05) is 92.2 Å². The molecule has 5 aliphatic rings. The Morgan fingerprint density at radius 1 is 0.645 bits per heavy atom. The molecule has 4 aliphatic heterocycles. The molecule has 93 heavy (non-hydrogen) atoms. The van der Waals surface area contributed by atoms with Gasteiger partial charge in [-0.15, -0.1) is 0 Å². The van der Waals surface area contributed by atoms with Crippen molar-refractivity contribution in [3.63, 3.8) is 0 Å². The third-order valence-corrected chi connectivity index (χ3v) is 20.6. The molecule has 4 aromatic rings. The van der Waals surface area contributed by atoms with Gasteiger partial charge in [0.05, 0.1) is 49.9 Å². The van der Waals surface area contributed by atoms with Gasteiger partial charge in [0.25, 0.3) is 23.6 Å². The van der Waals surface area contributed by atoms with Gasteiger partial charge in [-0.3, -0.25) is 43.5 Å². The predicted octanol–water partition coefficient (Wildman–Crippen LogP) is 10.6. The highest BCUT2D eigenvalue weighted by atomic mass is 28.3. The van der Waals surface area contributed by atoms with E-state index in [9.17, 15) is 38.7 Å². The van der Waals surface area contributed by atoms with Gasteiger partial charge in [-0.2, -0.15) is 0 Å². The Hall–Kier alpha value is -8.52. The molecule has 4 atom stereocenters. The van der Waals surface area contributed by atoms with E-state index < -0.39 is 70.0 Å². The fourth-order valence-corrected chi connectivity index (χ4v) is 13.8. The maximum Gasteiger partial charge on any atom is 0.408 e. The lowest BCUT2D eigenvalue weighted by Crippen LogP contribution is -2.56. The number of benzene rings is 4. The number of amides is 7. The molecule has 0 bridgehead atoms. The SMILES string of the molecule is CC=CC1=CN2C(=O)c3cc(OC)c(OCCCOc4cc5c(cc4OC)C(=O)N4C=C(C=CCNC(=O)[C@H](C)NC(=O)[C@H](C(C)C)N(CC6c7ccccc7-c7ccccc76)C(=O)O)C[C@H]4C(=O)N5COCC[Si](C)(C)C)cc3N(COCC[Si](C)(C)C)C(=O)[C@@H]2C1. The average molecular weight is 1310 g/mol. The van der Waals surface area contributed by atoms with Crippen molar-refractivity contribution < 1.29 is 67.1 Å². The van der Waals surface area contributed by atoms with Crippen LogP contribution in [0.2, 0.25) is 51.4 Å². The molecule has 0 unspecified atom stereocenters.